The third-order valence-corrected chi connectivity index (χ3v) is 5.49. The van der Waals surface area contributed by atoms with Crippen LogP contribution in [-0.2, 0) is 6.42 Å². The number of rotatable bonds is 9. The molecule has 146 valence electrons. The molecular weight excluding hydrogens is 338 g/mol. The van der Waals surface area contributed by atoms with E-state index >= 15 is 0 Å². The molecule has 1 aliphatic heterocycles. The Hall–Kier alpha value is -2.13. The molecule has 2 N–H and O–H groups in total. The van der Waals surface area contributed by atoms with Crippen LogP contribution in [0, 0.1) is 11.3 Å². The number of allylic oxidation sites excluding steroid dienone is 2. The summed E-state index contributed by atoms with van der Waals surface area (Å²) in [6.07, 6.45) is 9.68. The number of nitriles is 1. The predicted octanol–water partition coefficient (Wildman–Crippen LogP) is 3.73. The number of piperidine rings is 1. The van der Waals surface area contributed by atoms with E-state index in [-0.39, 0.29) is 0 Å². The highest BCUT2D eigenvalue weighted by molar-refractivity contribution is 5.79. The molecule has 6 heteroatoms. The number of nitrogens with two attached hydrogens (primary N) is 1. The summed E-state index contributed by atoms with van der Waals surface area (Å²) in [5.41, 5.74) is 9.69. The molecule has 6 nitrogen and oxygen atoms in total. The topological polar surface area (TPSA) is 88.1 Å². The van der Waals surface area contributed by atoms with E-state index in [9.17, 15) is 5.26 Å². The van der Waals surface area contributed by atoms with Gasteiger partial charge in [0.1, 0.15) is 5.82 Å². The third-order valence-electron chi connectivity index (χ3n) is 5.49. The van der Waals surface area contributed by atoms with E-state index in [1.54, 1.807) is 0 Å². The maximum Gasteiger partial charge on any atom is 0.318 e. The molecule has 1 aliphatic carbocycles. The maximum atomic E-state index is 9.57. The van der Waals surface area contributed by atoms with E-state index in [0.29, 0.717) is 24.9 Å². The van der Waals surface area contributed by atoms with Gasteiger partial charge in [-0.15, -0.1) is 0 Å². The number of ether oxygens (including phenoxy) is 1. The number of nitrogens with zero attached hydrogens (tertiary/aromatic N) is 4. The van der Waals surface area contributed by atoms with Crippen molar-refractivity contribution in [2.24, 2.45) is 0 Å². The Morgan fingerprint density at radius 1 is 1.15 bits per heavy atom. The normalized spacial score (nSPS) is 17.0. The number of likely N-dealkylation sites (tertiary alicyclic amines) is 1. The van der Waals surface area contributed by atoms with Crippen molar-refractivity contribution in [1.82, 2.24) is 14.9 Å². The van der Waals surface area contributed by atoms with Crippen molar-refractivity contribution in [3.05, 3.63) is 16.8 Å². The molecule has 0 radical (unpaired) electrons. The monoisotopic (exact) mass is 369 g/mol. The van der Waals surface area contributed by atoms with Crippen molar-refractivity contribution in [2.45, 2.75) is 64.7 Å². The van der Waals surface area contributed by atoms with Gasteiger partial charge < -0.3 is 15.4 Å². The van der Waals surface area contributed by atoms with Crippen LogP contribution in [0.15, 0.2) is 5.57 Å². The summed E-state index contributed by atoms with van der Waals surface area (Å²) >= 11 is 0. The van der Waals surface area contributed by atoms with Crippen molar-refractivity contribution in [1.29, 1.82) is 5.26 Å². The quantitative estimate of drug-likeness (QED) is 0.667. The Balaban J connectivity index is 1.63. The number of aromatic nitrogens is 2. The molecule has 0 aromatic carbocycles. The molecule has 3 rings (SSSR count). The summed E-state index contributed by atoms with van der Waals surface area (Å²) < 4.78 is 5.66. The van der Waals surface area contributed by atoms with E-state index in [0.717, 1.165) is 61.1 Å². The zero-order valence-electron chi connectivity index (χ0n) is 16.5. The second-order valence-corrected chi connectivity index (χ2v) is 7.53. The Kier molecular flexibility index (Phi) is 7.05. The summed E-state index contributed by atoms with van der Waals surface area (Å²) in [6, 6.07) is 2.69. The number of nitrogen functional groups attached to an aromatic ring is 1. The van der Waals surface area contributed by atoms with Gasteiger partial charge in [-0.05, 0) is 63.7 Å². The summed E-state index contributed by atoms with van der Waals surface area (Å²) in [4.78, 5) is 11.4. The molecule has 27 heavy (non-hydrogen) atoms. The minimum atomic E-state index is 0.338. The average molecular weight is 370 g/mol. The first-order chi connectivity index (χ1) is 13.2. The molecule has 1 aromatic rings. The van der Waals surface area contributed by atoms with Crippen molar-refractivity contribution in [3.63, 3.8) is 0 Å². The van der Waals surface area contributed by atoms with Gasteiger partial charge in [0.2, 0.25) is 0 Å². The lowest BCUT2D eigenvalue weighted by Gasteiger charge is -2.26. The van der Waals surface area contributed by atoms with Crippen molar-refractivity contribution >= 4 is 11.4 Å². The van der Waals surface area contributed by atoms with Crippen molar-refractivity contribution in [2.75, 3.05) is 32.0 Å². The fraction of sp³-hybridized carbons (Fsp3) is 0.667. The Morgan fingerprint density at radius 2 is 1.96 bits per heavy atom. The van der Waals surface area contributed by atoms with E-state index in [2.05, 4.69) is 27.9 Å². The zero-order valence-corrected chi connectivity index (χ0v) is 16.5. The molecule has 2 aliphatic rings. The molecule has 0 saturated carbocycles. The molecule has 1 saturated heterocycles. The van der Waals surface area contributed by atoms with E-state index < -0.39 is 0 Å². The molecule has 1 aromatic heterocycles. The first-order valence-electron chi connectivity index (χ1n) is 10.4. The summed E-state index contributed by atoms with van der Waals surface area (Å²) in [7, 11) is 0. The second-order valence-electron chi connectivity index (χ2n) is 7.53. The Morgan fingerprint density at radius 3 is 2.70 bits per heavy atom. The standard InChI is InChI=1S/C21H31N5O/c1-2-3-13-27-21-24-19-17(16(15-22)14-18(19)20(23)25-21)9-5-8-12-26-10-6-4-7-11-26/h2-14H2,1H3,(H2,23,24,25). The van der Waals surface area contributed by atoms with E-state index in [1.807, 2.05) is 0 Å². The van der Waals surface area contributed by atoms with Crippen LogP contribution in [-0.4, -0.2) is 41.1 Å². The zero-order chi connectivity index (χ0) is 19.1. The first-order valence-corrected chi connectivity index (χ1v) is 10.4. The van der Waals surface area contributed by atoms with Crippen LogP contribution in [0.2, 0.25) is 0 Å². The van der Waals surface area contributed by atoms with Crippen LogP contribution < -0.4 is 10.5 Å². The van der Waals surface area contributed by atoms with Crippen LogP contribution in [0.3, 0.4) is 0 Å². The van der Waals surface area contributed by atoms with Crippen LogP contribution in [0.5, 0.6) is 6.01 Å². The molecule has 0 amide bonds. The van der Waals surface area contributed by atoms with Gasteiger partial charge >= 0.3 is 6.01 Å². The van der Waals surface area contributed by atoms with Crippen molar-refractivity contribution in [3.8, 4) is 12.1 Å². The first kappa shape index (κ1) is 19.6. The average Bonchev–Trinajstić information content (AvgIpc) is 3.04. The molecule has 0 atom stereocenters. The lowest BCUT2D eigenvalue weighted by Crippen LogP contribution is -2.30. The van der Waals surface area contributed by atoms with Crippen molar-refractivity contribution < 1.29 is 4.74 Å². The number of anilines is 1. The molecule has 1 fully saturated rings. The minimum Gasteiger partial charge on any atom is -0.463 e. The molecule has 0 unspecified atom stereocenters. The highest BCUT2D eigenvalue weighted by Gasteiger charge is 2.26. The van der Waals surface area contributed by atoms with Gasteiger partial charge in [-0.3, -0.25) is 0 Å². The van der Waals surface area contributed by atoms with E-state index in [4.69, 9.17) is 10.5 Å². The fourth-order valence-corrected chi connectivity index (χ4v) is 3.90. The molecular formula is C21H31N5O. The SMILES string of the molecule is CCCCOc1nc(N)c2c(n1)C(CCCCN1CCCCC1)=C(C#N)C2. The van der Waals surface area contributed by atoms with E-state index in [1.165, 1.54) is 32.4 Å². The molecule has 0 bridgehead atoms. The second kappa shape index (κ2) is 9.70. The van der Waals surface area contributed by atoms with Gasteiger partial charge in [0.15, 0.2) is 0 Å². The van der Waals surface area contributed by atoms with Crippen LogP contribution in [0.4, 0.5) is 5.82 Å². The fourth-order valence-electron chi connectivity index (χ4n) is 3.90. The van der Waals surface area contributed by atoms with Gasteiger partial charge in [-0.1, -0.05) is 19.8 Å². The highest BCUT2D eigenvalue weighted by atomic mass is 16.5. The number of hydrogen-bond donors (Lipinski definition) is 1. The van der Waals surface area contributed by atoms with Gasteiger partial charge in [-0.25, -0.2) is 0 Å². The largest absolute Gasteiger partial charge is 0.463 e. The summed E-state index contributed by atoms with van der Waals surface area (Å²) in [5.74, 6) is 0.447. The van der Waals surface area contributed by atoms with Crippen LogP contribution in [0.1, 0.15) is 69.5 Å². The van der Waals surface area contributed by atoms with Gasteiger partial charge in [-0.2, -0.15) is 15.2 Å². The molecule has 2 heterocycles. The maximum absolute atomic E-state index is 9.57. The lowest BCUT2D eigenvalue weighted by molar-refractivity contribution is 0.225. The predicted molar refractivity (Wildman–Crippen MR) is 107 cm³/mol. The van der Waals surface area contributed by atoms with Gasteiger partial charge in [0.25, 0.3) is 0 Å². The number of unbranched alkanes of at least 4 members (excludes halogenated alkanes) is 2. The number of hydrogen-bond acceptors (Lipinski definition) is 6. The minimum absolute atomic E-state index is 0.338. The van der Waals surface area contributed by atoms with Crippen LogP contribution >= 0.6 is 0 Å². The van der Waals surface area contributed by atoms with Gasteiger partial charge in [0.05, 0.1) is 18.4 Å². The third kappa shape index (κ3) is 4.98. The summed E-state index contributed by atoms with van der Waals surface area (Å²) in [5, 5.41) is 9.57. The Labute approximate surface area is 162 Å². The summed E-state index contributed by atoms with van der Waals surface area (Å²) in [6.45, 7) is 6.33. The lowest BCUT2D eigenvalue weighted by atomic mass is 10.0. The van der Waals surface area contributed by atoms with Crippen LogP contribution in [0.25, 0.3) is 5.57 Å². The number of fused-ring (bicyclic) bond motifs is 1. The smallest absolute Gasteiger partial charge is 0.318 e. The van der Waals surface area contributed by atoms with Gasteiger partial charge in [0, 0.05) is 17.6 Å². The Bertz CT molecular complexity index is 716. The highest BCUT2D eigenvalue weighted by Crippen LogP contribution is 2.37. The molecule has 0 spiro atoms.